The summed E-state index contributed by atoms with van der Waals surface area (Å²) in [6, 6.07) is 9.18. The summed E-state index contributed by atoms with van der Waals surface area (Å²) < 4.78 is 4.74. The number of hydrogen-bond donors (Lipinski definition) is 0. The highest BCUT2D eigenvalue weighted by Gasteiger charge is 2.06. The molecular weight excluding hydrogens is 675 g/mol. The Morgan fingerprint density at radius 1 is 0.269 bits per heavy atom. The van der Waals surface area contributed by atoms with Gasteiger partial charge in [0.15, 0.2) is 24.8 Å². The van der Waals surface area contributed by atoms with Crippen LogP contribution in [0.1, 0.15) is 232 Å². The van der Waals surface area contributed by atoms with Gasteiger partial charge in [-0.15, -0.1) is 0 Å². The maximum atomic E-state index is 2.37. The van der Waals surface area contributed by atoms with Crippen LogP contribution in [0.15, 0.2) is 49.1 Å². The minimum atomic E-state index is 0. The van der Waals surface area contributed by atoms with Crippen LogP contribution < -0.4 is 33.9 Å². The standard InChI is InChI=1S/C48H86N2.2ClH/c1-3-5-7-9-11-13-15-17-19-21-23-25-27-29-31-33-35-41-49-43-37-47(38-44-49)48-39-45-50(46-40-48)42-36-34-32-30-28-26-24-22-20-18-16-14-12-10-8-6-4-2;;/h37-40,43-46H,3-36,41-42H2,1-2H3;2*1H/q+2;;/p-2. The second kappa shape index (κ2) is 39.6. The Kier molecular flexibility index (Phi) is 38.7. The molecule has 0 fully saturated rings. The van der Waals surface area contributed by atoms with Crippen molar-refractivity contribution in [3.05, 3.63) is 49.1 Å². The van der Waals surface area contributed by atoms with E-state index in [-0.39, 0.29) is 24.8 Å². The Morgan fingerprint density at radius 2 is 0.442 bits per heavy atom. The van der Waals surface area contributed by atoms with Gasteiger partial charge in [-0.2, -0.15) is 0 Å². The first-order chi connectivity index (χ1) is 24.8. The van der Waals surface area contributed by atoms with Gasteiger partial charge in [-0.25, -0.2) is 9.13 Å². The molecule has 52 heavy (non-hydrogen) atoms. The SMILES string of the molecule is CCCCCCCCCCCCCCCCCCC[n+]1ccc(-c2cc[n+](CCCCCCCCCCCCCCCCCCC)cc2)cc1.[Cl-].[Cl-]. The molecule has 2 heterocycles. The molecule has 2 aromatic heterocycles. The summed E-state index contributed by atoms with van der Waals surface area (Å²) >= 11 is 0. The van der Waals surface area contributed by atoms with Crippen molar-refractivity contribution in [3.63, 3.8) is 0 Å². The van der Waals surface area contributed by atoms with Crippen molar-refractivity contribution in [2.24, 2.45) is 0 Å². The van der Waals surface area contributed by atoms with Crippen molar-refractivity contribution < 1.29 is 33.9 Å². The van der Waals surface area contributed by atoms with E-state index in [2.05, 4.69) is 72.0 Å². The average molecular weight is 762 g/mol. The fourth-order valence-corrected chi connectivity index (χ4v) is 7.64. The highest BCUT2D eigenvalue weighted by atomic mass is 35.5. The molecule has 2 rings (SSSR count). The minimum absolute atomic E-state index is 0. The number of halogens is 2. The van der Waals surface area contributed by atoms with Gasteiger partial charge >= 0.3 is 0 Å². The van der Waals surface area contributed by atoms with Gasteiger partial charge in [-0.3, -0.25) is 0 Å². The zero-order valence-corrected chi connectivity index (χ0v) is 36.2. The predicted molar refractivity (Wildman–Crippen MR) is 221 cm³/mol. The van der Waals surface area contributed by atoms with E-state index in [1.165, 1.54) is 229 Å². The van der Waals surface area contributed by atoms with Crippen molar-refractivity contribution in [2.75, 3.05) is 0 Å². The summed E-state index contributed by atoms with van der Waals surface area (Å²) in [6.45, 7) is 6.90. The highest BCUT2D eigenvalue weighted by molar-refractivity contribution is 5.60. The molecule has 0 saturated carbocycles. The number of hydrogen-bond acceptors (Lipinski definition) is 0. The molecule has 0 unspecified atom stereocenters. The quantitative estimate of drug-likeness (QED) is 0.0480. The van der Waals surface area contributed by atoms with Crippen LogP contribution in [0.25, 0.3) is 11.1 Å². The van der Waals surface area contributed by atoms with Gasteiger partial charge in [0, 0.05) is 37.1 Å². The summed E-state index contributed by atoms with van der Waals surface area (Å²) in [4.78, 5) is 0. The first kappa shape index (κ1) is 50.9. The molecule has 302 valence electrons. The van der Waals surface area contributed by atoms with Crippen LogP contribution in [0.5, 0.6) is 0 Å². The van der Waals surface area contributed by atoms with Crippen LogP contribution in [0.2, 0.25) is 0 Å². The fourth-order valence-electron chi connectivity index (χ4n) is 7.64. The third kappa shape index (κ3) is 30.2. The minimum Gasteiger partial charge on any atom is -1.00 e. The first-order valence-electron chi connectivity index (χ1n) is 22.8. The summed E-state index contributed by atoms with van der Waals surface area (Å²) in [5, 5.41) is 0. The van der Waals surface area contributed by atoms with Gasteiger partial charge in [-0.1, -0.05) is 206 Å². The van der Waals surface area contributed by atoms with E-state index in [0.717, 1.165) is 13.1 Å². The van der Waals surface area contributed by atoms with Gasteiger partial charge < -0.3 is 24.8 Å². The Morgan fingerprint density at radius 3 is 0.635 bits per heavy atom. The van der Waals surface area contributed by atoms with Crippen LogP contribution >= 0.6 is 0 Å². The van der Waals surface area contributed by atoms with E-state index in [1.807, 2.05) is 0 Å². The third-order valence-electron chi connectivity index (χ3n) is 11.2. The largest absolute Gasteiger partial charge is 1.00 e. The molecule has 0 aliphatic carbocycles. The predicted octanol–water partition coefficient (Wildman–Crippen LogP) is 9.24. The Hall–Kier alpha value is -1.12. The second-order valence-corrected chi connectivity index (χ2v) is 16.0. The molecule has 0 aliphatic heterocycles. The fraction of sp³-hybridized carbons (Fsp3) is 0.792. The van der Waals surface area contributed by atoms with Gasteiger partial charge in [0.25, 0.3) is 0 Å². The highest BCUT2D eigenvalue weighted by Crippen LogP contribution is 2.18. The van der Waals surface area contributed by atoms with Crippen molar-refractivity contribution in [1.29, 1.82) is 0 Å². The molecule has 0 N–H and O–H groups in total. The summed E-state index contributed by atoms with van der Waals surface area (Å²) in [7, 11) is 0. The van der Waals surface area contributed by atoms with Crippen molar-refractivity contribution in [2.45, 2.75) is 245 Å². The van der Waals surface area contributed by atoms with Gasteiger partial charge in [0.1, 0.15) is 13.1 Å². The number of aromatic nitrogens is 2. The average Bonchev–Trinajstić information content (AvgIpc) is 3.14. The van der Waals surface area contributed by atoms with Gasteiger partial charge in [0.05, 0.1) is 0 Å². The van der Waals surface area contributed by atoms with E-state index in [1.54, 1.807) is 0 Å². The van der Waals surface area contributed by atoms with Crippen molar-refractivity contribution >= 4 is 0 Å². The molecule has 0 aromatic carbocycles. The smallest absolute Gasteiger partial charge is 0.169 e. The second-order valence-electron chi connectivity index (χ2n) is 16.0. The lowest BCUT2D eigenvalue weighted by Gasteiger charge is -2.04. The lowest BCUT2D eigenvalue weighted by Crippen LogP contribution is -3.00. The van der Waals surface area contributed by atoms with E-state index in [4.69, 9.17) is 0 Å². The van der Waals surface area contributed by atoms with Gasteiger partial charge in [0.2, 0.25) is 0 Å². The van der Waals surface area contributed by atoms with Crippen LogP contribution in [0, 0.1) is 0 Å². The maximum Gasteiger partial charge on any atom is 0.169 e. The summed E-state index contributed by atoms with van der Waals surface area (Å²) in [6.07, 6.45) is 57.9. The molecular formula is C48H86Cl2N2. The van der Waals surface area contributed by atoms with E-state index in [0.29, 0.717) is 0 Å². The normalized spacial score (nSPS) is 11.0. The lowest BCUT2D eigenvalue weighted by molar-refractivity contribution is -0.697. The van der Waals surface area contributed by atoms with Crippen LogP contribution in [0.3, 0.4) is 0 Å². The molecule has 0 radical (unpaired) electrons. The first-order valence-corrected chi connectivity index (χ1v) is 22.8. The van der Waals surface area contributed by atoms with Crippen LogP contribution in [-0.2, 0) is 13.1 Å². The van der Waals surface area contributed by atoms with E-state index in [9.17, 15) is 0 Å². The zero-order valence-electron chi connectivity index (χ0n) is 34.7. The Bertz CT molecular complexity index is 882. The lowest BCUT2D eigenvalue weighted by atomic mass is 10.0. The molecule has 0 saturated heterocycles. The third-order valence-corrected chi connectivity index (χ3v) is 11.2. The molecule has 0 spiro atoms. The Balaban J connectivity index is 0.0000130. The van der Waals surface area contributed by atoms with E-state index >= 15 is 0 Å². The Labute approximate surface area is 338 Å². The topological polar surface area (TPSA) is 7.76 Å². The number of aryl methyl sites for hydroxylation is 2. The monoisotopic (exact) mass is 761 g/mol. The number of nitrogens with zero attached hydrogens (tertiary/aromatic N) is 2. The van der Waals surface area contributed by atoms with Crippen LogP contribution in [0.4, 0.5) is 0 Å². The summed E-state index contributed by atoms with van der Waals surface area (Å²) in [5.41, 5.74) is 2.65. The molecule has 0 atom stereocenters. The molecule has 0 bridgehead atoms. The molecule has 2 aromatic rings. The maximum absolute atomic E-state index is 2.37. The van der Waals surface area contributed by atoms with Gasteiger partial charge in [-0.05, 0) is 24.0 Å². The zero-order chi connectivity index (χ0) is 35.4. The molecule has 4 heteroatoms. The van der Waals surface area contributed by atoms with Crippen molar-refractivity contribution in [3.8, 4) is 11.1 Å². The molecule has 2 nitrogen and oxygen atoms in total. The molecule has 0 amide bonds. The summed E-state index contributed by atoms with van der Waals surface area (Å²) in [5.74, 6) is 0. The molecule has 0 aliphatic rings. The number of pyridine rings is 2. The van der Waals surface area contributed by atoms with Crippen molar-refractivity contribution in [1.82, 2.24) is 0 Å². The number of rotatable bonds is 37. The van der Waals surface area contributed by atoms with Crippen LogP contribution in [-0.4, -0.2) is 0 Å². The number of unbranched alkanes of at least 4 members (excludes halogenated alkanes) is 32. The van der Waals surface area contributed by atoms with E-state index < -0.39 is 0 Å².